The van der Waals surface area contributed by atoms with E-state index in [4.69, 9.17) is 0 Å². The lowest BCUT2D eigenvalue weighted by atomic mass is 9.92. The van der Waals surface area contributed by atoms with Crippen molar-refractivity contribution >= 4 is 11.4 Å². The Morgan fingerprint density at radius 2 is 1.55 bits per heavy atom. The summed E-state index contributed by atoms with van der Waals surface area (Å²) in [6.07, 6.45) is -5.25. The maximum absolute atomic E-state index is 13.9. The van der Waals surface area contributed by atoms with Crippen molar-refractivity contribution in [3.05, 3.63) is 89.2 Å². The smallest absolute Gasteiger partial charge is 0.424 e. The van der Waals surface area contributed by atoms with Gasteiger partial charge in [0, 0.05) is 19.2 Å². The zero-order valence-electron chi connectivity index (χ0n) is 17.6. The zero-order chi connectivity index (χ0) is 24.4. The molecule has 0 aliphatic heterocycles. The van der Waals surface area contributed by atoms with Gasteiger partial charge >= 0.3 is 6.18 Å². The van der Waals surface area contributed by atoms with Crippen molar-refractivity contribution in [3.8, 4) is 5.75 Å². The first kappa shape index (κ1) is 24.4. The van der Waals surface area contributed by atoms with Gasteiger partial charge in [-0.05, 0) is 36.2 Å². The monoisotopic (exact) mass is 470 g/mol. The van der Waals surface area contributed by atoms with E-state index in [1.54, 1.807) is 43.2 Å². The Labute approximate surface area is 186 Å². The molecule has 0 heterocycles. The highest BCUT2D eigenvalue weighted by Gasteiger charge is 2.56. The Balaban J connectivity index is 1.97. The first-order chi connectivity index (χ1) is 15.5. The summed E-state index contributed by atoms with van der Waals surface area (Å²) >= 11 is 0. The van der Waals surface area contributed by atoms with Gasteiger partial charge in [-0.15, -0.1) is 0 Å². The number of para-hydroxylation sites is 1. The number of alkyl halides is 3. The number of hydrogen-bond donors (Lipinski definition) is 2. The molecule has 10 heteroatoms. The summed E-state index contributed by atoms with van der Waals surface area (Å²) in [5.74, 6) is -5.55. The summed E-state index contributed by atoms with van der Waals surface area (Å²) < 4.78 is 87.0. The van der Waals surface area contributed by atoms with Crippen molar-refractivity contribution in [3.63, 3.8) is 0 Å². The van der Waals surface area contributed by atoms with Crippen molar-refractivity contribution in [1.82, 2.24) is 5.43 Å². The molecule has 176 valence electrons. The van der Waals surface area contributed by atoms with E-state index in [0.717, 1.165) is 12.1 Å². The number of nitrogens with one attached hydrogen (secondary N) is 1. The summed E-state index contributed by atoms with van der Waals surface area (Å²) in [4.78, 5) is 0. The number of anilines is 2. The topological polar surface area (TPSA) is 44.7 Å². The fraction of sp³-hybridized carbons (Fsp3) is 0.217. The lowest BCUT2D eigenvalue weighted by Gasteiger charge is -2.32. The fourth-order valence-corrected chi connectivity index (χ4v) is 3.30. The third kappa shape index (κ3) is 4.91. The van der Waals surface area contributed by atoms with E-state index < -0.39 is 47.1 Å². The van der Waals surface area contributed by atoms with Gasteiger partial charge in [0.25, 0.3) is 0 Å². The van der Waals surface area contributed by atoms with Gasteiger partial charge in [0.05, 0.1) is 11.4 Å². The fourth-order valence-electron chi connectivity index (χ4n) is 3.30. The van der Waals surface area contributed by atoms with Crippen molar-refractivity contribution in [1.29, 1.82) is 0 Å². The van der Waals surface area contributed by atoms with Gasteiger partial charge in [-0.2, -0.15) is 13.2 Å². The lowest BCUT2D eigenvalue weighted by Crippen LogP contribution is -2.47. The average Bonchev–Trinajstić information content (AvgIpc) is 2.74. The van der Waals surface area contributed by atoms with E-state index in [1.807, 2.05) is 6.07 Å². The van der Waals surface area contributed by atoms with Gasteiger partial charge < -0.3 is 9.84 Å². The van der Waals surface area contributed by atoms with Crippen LogP contribution in [-0.2, 0) is 5.60 Å². The average molecular weight is 470 g/mol. The standard InChI is InChI=1S/C23H20F6N2O2/c1-14-10-15(8-9-20(14)31(30-2)17-6-4-3-5-7-17)22(32,23(27,28)29)13-33-21-18(25)11-16(24)12-19(21)26/h3-12,30,32H,13H2,1-2H3. The molecular weight excluding hydrogens is 450 g/mol. The summed E-state index contributed by atoms with van der Waals surface area (Å²) in [7, 11) is 1.63. The van der Waals surface area contributed by atoms with E-state index in [0.29, 0.717) is 16.9 Å². The number of ether oxygens (including phenoxy) is 1. The van der Waals surface area contributed by atoms with Gasteiger partial charge in [0.1, 0.15) is 12.4 Å². The second-order valence-corrected chi connectivity index (χ2v) is 7.24. The van der Waals surface area contributed by atoms with Crippen LogP contribution in [0, 0.1) is 24.4 Å². The highest BCUT2D eigenvalue weighted by atomic mass is 19.4. The molecule has 33 heavy (non-hydrogen) atoms. The molecule has 0 radical (unpaired) electrons. The SMILES string of the molecule is CNN(c1ccccc1)c1ccc(C(O)(COc2c(F)cc(F)cc2F)C(F)(F)F)cc1C. The van der Waals surface area contributed by atoms with Gasteiger partial charge in [0.15, 0.2) is 17.4 Å². The number of rotatable bonds is 7. The second kappa shape index (κ2) is 9.32. The molecule has 0 spiro atoms. The second-order valence-electron chi connectivity index (χ2n) is 7.24. The molecule has 0 saturated carbocycles. The van der Waals surface area contributed by atoms with E-state index in [9.17, 15) is 31.4 Å². The van der Waals surface area contributed by atoms with Gasteiger partial charge in [-0.3, -0.25) is 5.01 Å². The molecule has 4 nitrogen and oxygen atoms in total. The van der Waals surface area contributed by atoms with Crippen molar-refractivity contribution in [2.24, 2.45) is 0 Å². The number of hydrogen-bond acceptors (Lipinski definition) is 4. The van der Waals surface area contributed by atoms with Crippen LogP contribution in [0.3, 0.4) is 0 Å². The van der Waals surface area contributed by atoms with Gasteiger partial charge in [-0.25, -0.2) is 18.6 Å². The normalized spacial score (nSPS) is 13.5. The van der Waals surface area contributed by atoms with Crippen LogP contribution in [0.1, 0.15) is 11.1 Å². The predicted molar refractivity (Wildman–Crippen MR) is 111 cm³/mol. The predicted octanol–water partition coefficient (Wildman–Crippen LogP) is 5.51. The molecule has 1 atom stereocenters. The summed E-state index contributed by atoms with van der Waals surface area (Å²) in [6, 6.07) is 13.0. The number of benzene rings is 3. The van der Waals surface area contributed by atoms with E-state index in [2.05, 4.69) is 10.2 Å². The number of halogens is 6. The van der Waals surface area contributed by atoms with E-state index >= 15 is 0 Å². The Kier molecular flexibility index (Phi) is 6.89. The molecule has 0 saturated heterocycles. The summed E-state index contributed by atoms with van der Waals surface area (Å²) in [6.45, 7) is -0.00768. The van der Waals surface area contributed by atoms with Crippen LogP contribution in [-0.4, -0.2) is 24.9 Å². The van der Waals surface area contributed by atoms with Crippen LogP contribution in [0.25, 0.3) is 0 Å². The van der Waals surface area contributed by atoms with E-state index in [-0.39, 0.29) is 12.1 Å². The third-order valence-electron chi connectivity index (χ3n) is 5.01. The molecule has 0 aliphatic carbocycles. The minimum Gasteiger partial charge on any atom is -0.484 e. The summed E-state index contributed by atoms with van der Waals surface area (Å²) in [5, 5.41) is 12.2. The molecule has 3 aromatic rings. The molecular formula is C23H20F6N2O2. The maximum atomic E-state index is 13.9. The molecule has 3 aromatic carbocycles. The van der Waals surface area contributed by atoms with Gasteiger partial charge in [-0.1, -0.05) is 30.3 Å². The van der Waals surface area contributed by atoms with Crippen molar-refractivity contribution in [2.45, 2.75) is 18.7 Å². The molecule has 2 N–H and O–H groups in total. The lowest BCUT2D eigenvalue weighted by molar-refractivity contribution is -0.275. The van der Waals surface area contributed by atoms with Crippen LogP contribution in [0.15, 0.2) is 60.7 Å². The Bertz CT molecular complexity index is 1100. The molecule has 0 amide bonds. The minimum absolute atomic E-state index is 0.264. The van der Waals surface area contributed by atoms with Crippen LogP contribution < -0.4 is 15.2 Å². The quantitative estimate of drug-likeness (QED) is 0.353. The first-order valence-corrected chi connectivity index (χ1v) is 9.68. The largest absolute Gasteiger partial charge is 0.484 e. The molecule has 1 unspecified atom stereocenters. The van der Waals surface area contributed by atoms with Crippen molar-refractivity contribution < 1.29 is 36.2 Å². The number of nitrogens with zero attached hydrogens (tertiary/aromatic N) is 1. The molecule has 0 fully saturated rings. The van der Waals surface area contributed by atoms with Crippen molar-refractivity contribution in [2.75, 3.05) is 18.7 Å². The Morgan fingerprint density at radius 1 is 0.939 bits per heavy atom. The van der Waals surface area contributed by atoms with Gasteiger partial charge in [0.2, 0.25) is 5.60 Å². The maximum Gasteiger partial charge on any atom is 0.424 e. The highest BCUT2D eigenvalue weighted by Crippen LogP contribution is 2.41. The van der Waals surface area contributed by atoms with Crippen LogP contribution >= 0.6 is 0 Å². The number of hydrazine groups is 1. The molecule has 3 rings (SSSR count). The Morgan fingerprint density at radius 3 is 2.06 bits per heavy atom. The first-order valence-electron chi connectivity index (χ1n) is 9.68. The Hall–Kier alpha value is -3.24. The highest BCUT2D eigenvalue weighted by molar-refractivity contribution is 5.65. The van der Waals surface area contributed by atoms with Crippen LogP contribution in [0.4, 0.5) is 37.7 Å². The minimum atomic E-state index is -5.25. The zero-order valence-corrected chi connectivity index (χ0v) is 17.6. The summed E-state index contributed by atoms with van der Waals surface area (Å²) in [5.41, 5.74) is 0.338. The third-order valence-corrected chi connectivity index (χ3v) is 5.01. The molecule has 0 bridgehead atoms. The van der Waals surface area contributed by atoms with E-state index in [1.165, 1.54) is 6.07 Å². The number of aliphatic hydroxyl groups is 1. The molecule has 0 aliphatic rings. The van der Waals surface area contributed by atoms with Crippen LogP contribution in [0.2, 0.25) is 0 Å². The number of aryl methyl sites for hydroxylation is 1. The van der Waals surface area contributed by atoms with Crippen LogP contribution in [0.5, 0.6) is 5.75 Å². The molecule has 0 aromatic heterocycles.